The van der Waals surface area contributed by atoms with E-state index in [1.807, 2.05) is 17.0 Å². The van der Waals surface area contributed by atoms with Gasteiger partial charge >= 0.3 is 0 Å². The number of aromatic nitrogens is 1. The molecule has 2 fully saturated rings. The monoisotopic (exact) mass is 488 g/mol. The van der Waals surface area contributed by atoms with Gasteiger partial charge in [0, 0.05) is 55.9 Å². The third kappa shape index (κ3) is 5.34. The number of nitrogens with zero attached hydrogens (tertiary/aromatic N) is 4. The van der Waals surface area contributed by atoms with Crippen molar-refractivity contribution in [2.75, 3.05) is 52.1 Å². The second-order valence-electron chi connectivity index (χ2n) is 10.8. The van der Waals surface area contributed by atoms with Crippen molar-refractivity contribution < 1.29 is 13.2 Å². The molecule has 0 spiro atoms. The maximum absolute atomic E-state index is 13.3. The third-order valence-corrected chi connectivity index (χ3v) is 8.41. The summed E-state index contributed by atoms with van der Waals surface area (Å²) in [5, 5.41) is 0.953. The Morgan fingerprint density at radius 1 is 1.00 bits per heavy atom. The van der Waals surface area contributed by atoms with Crippen molar-refractivity contribution in [3.63, 3.8) is 0 Å². The van der Waals surface area contributed by atoms with E-state index in [4.69, 9.17) is 0 Å². The van der Waals surface area contributed by atoms with Gasteiger partial charge in [-0.1, -0.05) is 19.9 Å². The molecule has 2 aliphatic rings. The van der Waals surface area contributed by atoms with Crippen LogP contribution in [0.15, 0.2) is 24.4 Å². The molecule has 0 radical (unpaired) electrons. The minimum atomic E-state index is -3.48. The van der Waals surface area contributed by atoms with Crippen molar-refractivity contribution >= 4 is 26.8 Å². The van der Waals surface area contributed by atoms with E-state index in [-0.39, 0.29) is 5.91 Å². The first-order valence-corrected chi connectivity index (χ1v) is 14.5. The van der Waals surface area contributed by atoms with E-state index in [1.54, 1.807) is 12.3 Å². The first-order chi connectivity index (χ1) is 16.0. The fourth-order valence-electron chi connectivity index (χ4n) is 5.52. The fraction of sp³-hybridized carbons (Fsp3) is 0.654. The Balaban J connectivity index is 1.60. The first kappa shape index (κ1) is 25.2. The Labute approximate surface area is 204 Å². The number of carbonyl (C=O) groups is 1. The van der Waals surface area contributed by atoms with E-state index in [0.29, 0.717) is 42.0 Å². The zero-order valence-corrected chi connectivity index (χ0v) is 22.1. The zero-order chi connectivity index (χ0) is 24.6. The Morgan fingerprint density at radius 2 is 1.65 bits per heavy atom. The highest BCUT2D eigenvalue weighted by atomic mass is 32.2. The maximum atomic E-state index is 13.3. The summed E-state index contributed by atoms with van der Waals surface area (Å²) in [6.45, 7) is 15.1. The molecule has 2 aliphatic heterocycles. The zero-order valence-electron chi connectivity index (χ0n) is 21.3. The molecule has 7 nitrogen and oxygen atoms in total. The number of carbonyl (C=O) groups excluding carboxylic acids is 1. The molecule has 34 heavy (non-hydrogen) atoms. The van der Waals surface area contributed by atoms with Crippen LogP contribution in [0.1, 0.15) is 62.4 Å². The molecule has 0 unspecified atom stereocenters. The number of rotatable bonds is 6. The molecule has 0 N–H and O–H groups in total. The second-order valence-corrected chi connectivity index (χ2v) is 12.6. The number of hydrogen-bond donors (Lipinski definition) is 0. The van der Waals surface area contributed by atoms with Crippen LogP contribution in [-0.2, 0) is 10.0 Å². The Kier molecular flexibility index (Phi) is 7.41. The minimum Gasteiger partial charge on any atom is -0.336 e. The Bertz CT molecular complexity index is 1120. The van der Waals surface area contributed by atoms with E-state index in [1.165, 1.54) is 10.2 Å². The number of piperidine rings is 1. The number of amides is 1. The summed E-state index contributed by atoms with van der Waals surface area (Å²) in [6, 6.07) is 6.10. The molecule has 0 bridgehead atoms. The maximum Gasteiger partial charge on any atom is 0.254 e. The van der Waals surface area contributed by atoms with Gasteiger partial charge in [-0.25, -0.2) is 12.4 Å². The van der Waals surface area contributed by atoms with Crippen molar-refractivity contribution in [2.24, 2.45) is 5.92 Å². The smallest absolute Gasteiger partial charge is 0.254 e. The predicted molar refractivity (Wildman–Crippen MR) is 138 cm³/mol. The van der Waals surface area contributed by atoms with Gasteiger partial charge < -0.3 is 9.80 Å². The van der Waals surface area contributed by atoms with Crippen LogP contribution in [0.2, 0.25) is 0 Å². The normalized spacial score (nSPS) is 19.6. The third-order valence-electron chi connectivity index (χ3n) is 7.39. The topological polar surface area (TPSA) is 65.9 Å². The highest BCUT2D eigenvalue weighted by molar-refractivity contribution is 7.89. The molecule has 0 saturated carbocycles. The van der Waals surface area contributed by atoms with Crippen LogP contribution in [0, 0.1) is 5.92 Å². The molecule has 2 aromatic rings. The van der Waals surface area contributed by atoms with Crippen molar-refractivity contribution in [1.29, 1.82) is 0 Å². The van der Waals surface area contributed by atoms with Gasteiger partial charge in [0.05, 0.1) is 11.8 Å². The summed E-state index contributed by atoms with van der Waals surface area (Å²) in [5.74, 6) is 0.961. The van der Waals surface area contributed by atoms with E-state index in [0.717, 1.165) is 56.5 Å². The van der Waals surface area contributed by atoms with E-state index in [2.05, 4.69) is 37.5 Å². The minimum absolute atomic E-state index is 0.0184. The molecule has 2 saturated heterocycles. The molecular formula is C26H40N4O3S. The van der Waals surface area contributed by atoms with Crippen LogP contribution in [0.4, 0.5) is 0 Å². The van der Waals surface area contributed by atoms with Crippen molar-refractivity contribution in [1.82, 2.24) is 18.7 Å². The molecule has 0 atom stereocenters. The van der Waals surface area contributed by atoms with Crippen LogP contribution in [0.5, 0.6) is 0 Å². The van der Waals surface area contributed by atoms with Crippen molar-refractivity contribution in [2.45, 2.75) is 52.5 Å². The second kappa shape index (κ2) is 9.99. The van der Waals surface area contributed by atoms with Gasteiger partial charge in [-0.2, -0.15) is 0 Å². The molecule has 0 aliphatic carbocycles. The number of benzene rings is 1. The molecule has 188 valence electrons. The van der Waals surface area contributed by atoms with Crippen LogP contribution in [0.25, 0.3) is 10.9 Å². The van der Waals surface area contributed by atoms with Gasteiger partial charge in [0.15, 0.2) is 0 Å². The Hall–Kier alpha value is -1.90. The number of fused-ring (bicyclic) bond motifs is 1. The van der Waals surface area contributed by atoms with Gasteiger partial charge in [0.2, 0.25) is 10.0 Å². The number of likely N-dealkylation sites (tertiary alicyclic amines) is 1. The standard InChI is InChI=1S/C26H40N4O3S/c1-19(2)17-27-10-8-21(9-11-27)24-18-30(34(5,32)33)25-16-22(6-7-23(24)25)26(31)29-14-12-28(13-15-29)20(3)4/h6-7,16,18-21H,8-15,17H2,1-5H3. The summed E-state index contributed by atoms with van der Waals surface area (Å²) in [4.78, 5) is 20.0. The average Bonchev–Trinajstić information content (AvgIpc) is 3.18. The quantitative estimate of drug-likeness (QED) is 0.623. The van der Waals surface area contributed by atoms with E-state index < -0.39 is 10.0 Å². The van der Waals surface area contributed by atoms with Gasteiger partial charge in [0.1, 0.15) is 0 Å². The summed E-state index contributed by atoms with van der Waals surface area (Å²) >= 11 is 0. The van der Waals surface area contributed by atoms with Gasteiger partial charge in [0.25, 0.3) is 5.91 Å². The first-order valence-electron chi connectivity index (χ1n) is 12.7. The highest BCUT2D eigenvalue weighted by Gasteiger charge is 2.28. The summed E-state index contributed by atoms with van der Waals surface area (Å²) in [5.41, 5.74) is 2.27. The lowest BCUT2D eigenvalue weighted by Crippen LogP contribution is -2.50. The number of hydrogen-bond acceptors (Lipinski definition) is 5. The molecule has 1 aromatic carbocycles. The van der Waals surface area contributed by atoms with E-state index >= 15 is 0 Å². The fourth-order valence-corrected chi connectivity index (χ4v) is 6.34. The predicted octanol–water partition coefficient (Wildman–Crippen LogP) is 3.45. The van der Waals surface area contributed by atoms with Crippen molar-refractivity contribution in [3.05, 3.63) is 35.5 Å². The van der Waals surface area contributed by atoms with Gasteiger partial charge in [-0.3, -0.25) is 9.69 Å². The van der Waals surface area contributed by atoms with Crippen LogP contribution in [0.3, 0.4) is 0 Å². The highest BCUT2D eigenvalue weighted by Crippen LogP contribution is 2.36. The lowest BCUT2D eigenvalue weighted by molar-refractivity contribution is 0.0595. The van der Waals surface area contributed by atoms with Crippen LogP contribution < -0.4 is 0 Å². The number of piperazine rings is 1. The summed E-state index contributed by atoms with van der Waals surface area (Å²) in [6.07, 6.45) is 5.09. The summed E-state index contributed by atoms with van der Waals surface area (Å²) < 4.78 is 26.7. The molecular weight excluding hydrogens is 448 g/mol. The SMILES string of the molecule is CC(C)CN1CCC(c2cn(S(C)(=O)=O)c3cc(C(=O)N4CCN(C(C)C)CC4)ccc23)CC1. The molecule has 1 aromatic heterocycles. The largest absolute Gasteiger partial charge is 0.336 e. The van der Waals surface area contributed by atoms with Crippen LogP contribution in [-0.4, -0.2) is 91.1 Å². The van der Waals surface area contributed by atoms with Gasteiger partial charge in [-0.15, -0.1) is 0 Å². The van der Waals surface area contributed by atoms with E-state index in [9.17, 15) is 13.2 Å². The molecule has 4 rings (SSSR count). The van der Waals surface area contributed by atoms with Crippen LogP contribution >= 0.6 is 0 Å². The lowest BCUT2D eigenvalue weighted by atomic mass is 9.88. The Morgan fingerprint density at radius 3 is 2.21 bits per heavy atom. The van der Waals surface area contributed by atoms with Gasteiger partial charge in [-0.05, 0) is 69.3 Å². The average molecular weight is 489 g/mol. The molecule has 3 heterocycles. The molecule has 1 amide bonds. The summed E-state index contributed by atoms with van der Waals surface area (Å²) in [7, 11) is -3.48. The lowest BCUT2D eigenvalue weighted by Gasteiger charge is -2.37. The van der Waals surface area contributed by atoms with Crippen molar-refractivity contribution in [3.8, 4) is 0 Å². The molecule has 8 heteroatoms.